The van der Waals surface area contributed by atoms with Crippen LogP contribution in [0.5, 0.6) is 0 Å². The Balaban J connectivity index is 2.65. The molecule has 0 fully saturated rings. The van der Waals surface area contributed by atoms with Crippen molar-refractivity contribution >= 4 is 22.6 Å². The maximum atomic E-state index is 11.2. The van der Waals surface area contributed by atoms with Crippen molar-refractivity contribution in [2.75, 3.05) is 11.9 Å². The van der Waals surface area contributed by atoms with E-state index in [1.54, 1.807) is 0 Å². The summed E-state index contributed by atoms with van der Waals surface area (Å²) in [6.07, 6.45) is 0. The average molecular weight is 227 g/mol. The molecule has 1 aromatic rings. The van der Waals surface area contributed by atoms with Gasteiger partial charge in [-0.3, -0.25) is 5.32 Å². The summed E-state index contributed by atoms with van der Waals surface area (Å²) in [6.45, 7) is 8.79. The number of urea groups is 1. The molecule has 0 saturated heterocycles. The molecule has 0 aliphatic carbocycles. The molecule has 2 N–H and O–H groups in total. The van der Waals surface area contributed by atoms with Gasteiger partial charge in [0.05, 0.1) is 5.69 Å². The first-order chi connectivity index (χ1) is 6.93. The molecule has 0 saturated carbocycles. The largest absolute Gasteiger partial charge is 0.338 e. The van der Waals surface area contributed by atoms with E-state index in [-0.39, 0.29) is 11.4 Å². The second-order valence-electron chi connectivity index (χ2n) is 4.31. The first kappa shape index (κ1) is 12.0. The van der Waals surface area contributed by atoms with Crippen LogP contribution in [0.4, 0.5) is 9.80 Å². The molecule has 2 amide bonds. The summed E-state index contributed by atoms with van der Waals surface area (Å²) < 4.78 is 4.30. The standard InChI is InChI=1S/C10H17N3OS/c1-5-11-9(14)12-8-6-7(13-15-8)10(2,3)4/h6H,5H2,1-4H3,(H2,11,12,14). The number of nitrogens with one attached hydrogen (secondary N) is 2. The van der Waals surface area contributed by atoms with Crippen LogP contribution in [-0.2, 0) is 5.41 Å². The van der Waals surface area contributed by atoms with Crippen LogP contribution in [-0.4, -0.2) is 16.9 Å². The zero-order chi connectivity index (χ0) is 11.5. The van der Waals surface area contributed by atoms with Gasteiger partial charge in [-0.1, -0.05) is 20.8 Å². The number of nitrogens with zero attached hydrogens (tertiary/aromatic N) is 1. The maximum Gasteiger partial charge on any atom is 0.319 e. The molecule has 0 aliphatic heterocycles. The second kappa shape index (κ2) is 4.61. The molecule has 0 unspecified atom stereocenters. The van der Waals surface area contributed by atoms with Gasteiger partial charge in [0.25, 0.3) is 0 Å². The normalized spacial score (nSPS) is 11.2. The molecular formula is C10H17N3OS. The van der Waals surface area contributed by atoms with Crippen molar-refractivity contribution in [1.29, 1.82) is 0 Å². The van der Waals surface area contributed by atoms with Crippen molar-refractivity contribution in [2.45, 2.75) is 33.1 Å². The first-order valence-corrected chi connectivity index (χ1v) is 5.73. The first-order valence-electron chi connectivity index (χ1n) is 4.95. The highest BCUT2D eigenvalue weighted by molar-refractivity contribution is 7.10. The summed E-state index contributed by atoms with van der Waals surface area (Å²) >= 11 is 1.31. The van der Waals surface area contributed by atoms with Crippen LogP contribution in [0.2, 0.25) is 0 Å². The van der Waals surface area contributed by atoms with Crippen LogP contribution in [0.1, 0.15) is 33.4 Å². The second-order valence-corrected chi connectivity index (χ2v) is 5.12. The molecule has 84 valence electrons. The molecule has 0 aromatic carbocycles. The number of hydrogen-bond donors (Lipinski definition) is 2. The van der Waals surface area contributed by atoms with Crippen LogP contribution in [0.25, 0.3) is 0 Å². The molecule has 1 aromatic heterocycles. The summed E-state index contributed by atoms with van der Waals surface area (Å²) in [5, 5.41) is 6.20. The fraction of sp³-hybridized carbons (Fsp3) is 0.600. The molecule has 4 nitrogen and oxygen atoms in total. The summed E-state index contributed by atoms with van der Waals surface area (Å²) in [6, 6.07) is 1.74. The molecule has 0 bridgehead atoms. The molecule has 5 heteroatoms. The van der Waals surface area contributed by atoms with Gasteiger partial charge in [0.15, 0.2) is 0 Å². The Labute approximate surface area is 94.2 Å². The van der Waals surface area contributed by atoms with Crippen molar-refractivity contribution < 1.29 is 4.79 Å². The highest BCUT2D eigenvalue weighted by Crippen LogP contribution is 2.26. The minimum atomic E-state index is -0.179. The van der Waals surface area contributed by atoms with Gasteiger partial charge in [-0.05, 0) is 24.5 Å². The quantitative estimate of drug-likeness (QED) is 0.816. The topological polar surface area (TPSA) is 54.0 Å². The average Bonchev–Trinajstić information content (AvgIpc) is 2.52. The monoisotopic (exact) mass is 227 g/mol. The van der Waals surface area contributed by atoms with E-state index in [1.165, 1.54) is 11.5 Å². The van der Waals surface area contributed by atoms with E-state index in [0.717, 1.165) is 10.7 Å². The third kappa shape index (κ3) is 3.51. The third-order valence-electron chi connectivity index (χ3n) is 1.85. The summed E-state index contributed by atoms with van der Waals surface area (Å²) in [7, 11) is 0. The Morgan fingerprint density at radius 3 is 2.67 bits per heavy atom. The van der Waals surface area contributed by atoms with Crippen molar-refractivity contribution in [3.05, 3.63) is 11.8 Å². The van der Waals surface area contributed by atoms with E-state index in [4.69, 9.17) is 0 Å². The maximum absolute atomic E-state index is 11.2. The fourth-order valence-electron chi connectivity index (χ4n) is 1.00. The van der Waals surface area contributed by atoms with Crippen LogP contribution in [0.15, 0.2) is 6.07 Å². The molecular weight excluding hydrogens is 210 g/mol. The van der Waals surface area contributed by atoms with E-state index in [2.05, 4.69) is 35.8 Å². The van der Waals surface area contributed by atoms with Crippen molar-refractivity contribution in [3.8, 4) is 0 Å². The van der Waals surface area contributed by atoms with E-state index in [0.29, 0.717) is 6.54 Å². The molecule has 0 atom stereocenters. The molecule has 0 spiro atoms. The minimum Gasteiger partial charge on any atom is -0.338 e. The van der Waals surface area contributed by atoms with Crippen LogP contribution in [0, 0.1) is 0 Å². The van der Waals surface area contributed by atoms with Crippen LogP contribution < -0.4 is 10.6 Å². The van der Waals surface area contributed by atoms with Gasteiger partial charge in [0, 0.05) is 12.0 Å². The Morgan fingerprint density at radius 2 is 2.20 bits per heavy atom. The van der Waals surface area contributed by atoms with Gasteiger partial charge in [-0.25, -0.2) is 4.79 Å². The van der Waals surface area contributed by atoms with Crippen LogP contribution >= 0.6 is 11.5 Å². The lowest BCUT2D eigenvalue weighted by atomic mass is 9.92. The highest BCUT2D eigenvalue weighted by Gasteiger charge is 2.17. The number of hydrogen-bond acceptors (Lipinski definition) is 3. The molecule has 1 rings (SSSR count). The zero-order valence-electron chi connectivity index (χ0n) is 9.55. The minimum absolute atomic E-state index is 0.0255. The van der Waals surface area contributed by atoms with E-state index < -0.39 is 0 Å². The van der Waals surface area contributed by atoms with Crippen molar-refractivity contribution in [1.82, 2.24) is 9.69 Å². The predicted molar refractivity (Wildman–Crippen MR) is 63.5 cm³/mol. The molecule has 1 heterocycles. The smallest absolute Gasteiger partial charge is 0.319 e. The predicted octanol–water partition coefficient (Wildman–Crippen LogP) is 2.58. The van der Waals surface area contributed by atoms with Crippen molar-refractivity contribution in [2.24, 2.45) is 0 Å². The van der Waals surface area contributed by atoms with Crippen LogP contribution in [0.3, 0.4) is 0 Å². The number of anilines is 1. The summed E-state index contributed by atoms with van der Waals surface area (Å²) in [5.41, 5.74) is 1.02. The number of amides is 2. The molecule has 0 aliphatic rings. The van der Waals surface area contributed by atoms with Crippen molar-refractivity contribution in [3.63, 3.8) is 0 Å². The lowest BCUT2D eigenvalue weighted by Gasteiger charge is -2.13. The SMILES string of the molecule is CCNC(=O)Nc1cc(C(C)(C)C)ns1. The van der Waals surface area contributed by atoms with E-state index in [9.17, 15) is 4.79 Å². The highest BCUT2D eigenvalue weighted by atomic mass is 32.1. The van der Waals surface area contributed by atoms with E-state index >= 15 is 0 Å². The Hall–Kier alpha value is -1.10. The van der Waals surface area contributed by atoms with Gasteiger partial charge in [-0.15, -0.1) is 0 Å². The zero-order valence-corrected chi connectivity index (χ0v) is 10.4. The number of aromatic nitrogens is 1. The number of rotatable bonds is 2. The number of carbonyl (C=O) groups excluding carboxylic acids is 1. The van der Waals surface area contributed by atoms with Gasteiger partial charge in [-0.2, -0.15) is 4.37 Å². The third-order valence-corrected chi connectivity index (χ3v) is 2.56. The Bertz CT molecular complexity index is 341. The van der Waals surface area contributed by atoms with E-state index in [1.807, 2.05) is 13.0 Å². The summed E-state index contributed by atoms with van der Waals surface area (Å²) in [4.78, 5) is 11.2. The summed E-state index contributed by atoms with van der Waals surface area (Å²) in [5.74, 6) is 0. The van der Waals surface area contributed by atoms with Gasteiger partial charge in [0.2, 0.25) is 0 Å². The fourth-order valence-corrected chi connectivity index (χ4v) is 1.83. The molecule has 0 radical (unpaired) electrons. The Kier molecular flexibility index (Phi) is 3.68. The Morgan fingerprint density at radius 1 is 1.53 bits per heavy atom. The van der Waals surface area contributed by atoms with Gasteiger partial charge < -0.3 is 5.32 Å². The van der Waals surface area contributed by atoms with Gasteiger partial charge in [0.1, 0.15) is 5.00 Å². The molecule has 15 heavy (non-hydrogen) atoms. The lowest BCUT2D eigenvalue weighted by Crippen LogP contribution is -2.27. The number of carbonyl (C=O) groups is 1. The van der Waals surface area contributed by atoms with Gasteiger partial charge >= 0.3 is 6.03 Å². The lowest BCUT2D eigenvalue weighted by molar-refractivity contribution is 0.252.